The topological polar surface area (TPSA) is 12.9 Å². The summed E-state index contributed by atoms with van der Waals surface area (Å²) in [7, 11) is 0. The molecule has 2 heteroatoms. The summed E-state index contributed by atoms with van der Waals surface area (Å²) in [5, 5.41) is 0. The molecule has 1 aromatic rings. The zero-order valence-electron chi connectivity index (χ0n) is 15.3. The molecule has 0 aliphatic carbocycles. The summed E-state index contributed by atoms with van der Waals surface area (Å²) in [5.74, 6) is 0. The summed E-state index contributed by atoms with van der Waals surface area (Å²) < 4.78 is 0. The van der Waals surface area contributed by atoms with E-state index in [1.54, 1.807) is 0 Å². The van der Waals surface area contributed by atoms with Gasteiger partial charge in [-0.2, -0.15) is 0 Å². The lowest BCUT2D eigenvalue weighted by molar-refractivity contribution is 0.535. The summed E-state index contributed by atoms with van der Waals surface area (Å²) in [6, 6.07) is 4.23. The van der Waals surface area contributed by atoms with Crippen LogP contribution in [0.2, 0.25) is 0 Å². The number of aryl methyl sites for hydroxylation is 1. The highest BCUT2D eigenvalue weighted by Gasteiger charge is 1.95. The fourth-order valence-corrected chi connectivity index (χ4v) is 3.07. The number of halogens is 1. The van der Waals surface area contributed by atoms with Crippen LogP contribution >= 0.6 is 17.0 Å². The predicted octanol–water partition coefficient (Wildman–Crippen LogP) is 7.68. The quantitative estimate of drug-likeness (QED) is 0.283. The van der Waals surface area contributed by atoms with Crippen LogP contribution in [-0.2, 0) is 6.42 Å². The van der Waals surface area contributed by atoms with E-state index in [0.717, 1.165) is 0 Å². The Morgan fingerprint density at radius 1 is 0.696 bits per heavy atom. The largest absolute Gasteiger partial charge is 0.264 e. The molecule has 1 aromatic heterocycles. The molecule has 23 heavy (non-hydrogen) atoms. The van der Waals surface area contributed by atoms with Gasteiger partial charge in [0.25, 0.3) is 0 Å². The number of rotatable bonds is 15. The fourth-order valence-electron chi connectivity index (χ4n) is 3.07. The third-order valence-electron chi connectivity index (χ3n) is 4.54. The van der Waals surface area contributed by atoms with Crippen molar-refractivity contribution in [2.24, 2.45) is 0 Å². The maximum Gasteiger partial charge on any atom is 0.0299 e. The SMILES string of the molecule is Br.CCCCCCCCCCCCCCCCc1cccnc1. The highest BCUT2D eigenvalue weighted by atomic mass is 79.9. The van der Waals surface area contributed by atoms with Gasteiger partial charge in [0.05, 0.1) is 0 Å². The molecule has 0 bridgehead atoms. The van der Waals surface area contributed by atoms with Crippen LogP contribution in [0.3, 0.4) is 0 Å². The van der Waals surface area contributed by atoms with E-state index in [2.05, 4.69) is 18.0 Å². The van der Waals surface area contributed by atoms with Gasteiger partial charge < -0.3 is 0 Å². The van der Waals surface area contributed by atoms with E-state index < -0.39 is 0 Å². The lowest BCUT2D eigenvalue weighted by atomic mass is 10.0. The van der Waals surface area contributed by atoms with E-state index in [-0.39, 0.29) is 17.0 Å². The molecule has 134 valence electrons. The van der Waals surface area contributed by atoms with Gasteiger partial charge >= 0.3 is 0 Å². The first kappa shape index (κ1) is 22.6. The molecule has 0 unspecified atom stereocenters. The summed E-state index contributed by atoms with van der Waals surface area (Å²) >= 11 is 0. The first-order chi connectivity index (χ1) is 10.9. The molecule has 0 radical (unpaired) electrons. The molecule has 1 heterocycles. The van der Waals surface area contributed by atoms with Gasteiger partial charge in [-0.25, -0.2) is 0 Å². The predicted molar refractivity (Wildman–Crippen MR) is 109 cm³/mol. The summed E-state index contributed by atoms with van der Waals surface area (Å²) in [5.41, 5.74) is 1.39. The normalized spacial score (nSPS) is 10.5. The van der Waals surface area contributed by atoms with Crippen LogP contribution in [0.1, 0.15) is 102 Å². The van der Waals surface area contributed by atoms with E-state index in [1.807, 2.05) is 18.5 Å². The van der Waals surface area contributed by atoms with E-state index in [9.17, 15) is 0 Å². The summed E-state index contributed by atoms with van der Waals surface area (Å²) in [6.07, 6.45) is 25.1. The Labute approximate surface area is 155 Å². The highest BCUT2D eigenvalue weighted by molar-refractivity contribution is 8.93. The molecule has 1 rings (SSSR count). The molecule has 0 fully saturated rings. The second-order valence-electron chi connectivity index (χ2n) is 6.71. The van der Waals surface area contributed by atoms with Crippen molar-refractivity contribution in [3.63, 3.8) is 0 Å². The molecular formula is C21H38BrN. The highest BCUT2D eigenvalue weighted by Crippen LogP contribution is 2.13. The average Bonchev–Trinajstić information content (AvgIpc) is 2.56. The minimum atomic E-state index is 0. The molecule has 0 spiro atoms. The zero-order valence-corrected chi connectivity index (χ0v) is 17.0. The molecule has 0 aliphatic rings. The van der Waals surface area contributed by atoms with Gasteiger partial charge in [0, 0.05) is 12.4 Å². The van der Waals surface area contributed by atoms with Crippen molar-refractivity contribution in [2.45, 2.75) is 103 Å². The Bertz CT molecular complexity index is 326. The van der Waals surface area contributed by atoms with E-state index in [1.165, 1.54) is 102 Å². The molecule has 0 saturated carbocycles. The van der Waals surface area contributed by atoms with Gasteiger partial charge in [0.15, 0.2) is 0 Å². The van der Waals surface area contributed by atoms with Gasteiger partial charge in [-0.05, 0) is 24.5 Å². The van der Waals surface area contributed by atoms with Crippen molar-refractivity contribution in [3.8, 4) is 0 Å². The molecular weight excluding hydrogens is 346 g/mol. The van der Waals surface area contributed by atoms with E-state index >= 15 is 0 Å². The number of pyridine rings is 1. The van der Waals surface area contributed by atoms with Gasteiger partial charge in [-0.3, -0.25) is 4.98 Å². The minimum Gasteiger partial charge on any atom is -0.264 e. The van der Waals surface area contributed by atoms with E-state index in [0.29, 0.717) is 0 Å². The van der Waals surface area contributed by atoms with Crippen LogP contribution in [0.25, 0.3) is 0 Å². The minimum absolute atomic E-state index is 0. The van der Waals surface area contributed by atoms with Gasteiger partial charge in [0.1, 0.15) is 0 Å². The zero-order chi connectivity index (χ0) is 15.7. The lowest BCUT2D eigenvalue weighted by Crippen LogP contribution is -1.87. The first-order valence-electron chi connectivity index (χ1n) is 9.82. The summed E-state index contributed by atoms with van der Waals surface area (Å²) in [6.45, 7) is 2.29. The Morgan fingerprint density at radius 3 is 1.61 bits per heavy atom. The smallest absolute Gasteiger partial charge is 0.0299 e. The molecule has 0 amide bonds. The van der Waals surface area contributed by atoms with Crippen molar-refractivity contribution in [1.29, 1.82) is 0 Å². The average molecular weight is 384 g/mol. The van der Waals surface area contributed by atoms with Gasteiger partial charge in [-0.1, -0.05) is 96.5 Å². The number of unbranched alkanes of at least 4 members (excludes halogenated alkanes) is 13. The van der Waals surface area contributed by atoms with Crippen molar-refractivity contribution in [3.05, 3.63) is 30.1 Å². The van der Waals surface area contributed by atoms with Crippen LogP contribution < -0.4 is 0 Å². The number of nitrogens with zero attached hydrogens (tertiary/aromatic N) is 1. The molecule has 0 aromatic carbocycles. The Kier molecular flexibility index (Phi) is 17.7. The van der Waals surface area contributed by atoms with Crippen LogP contribution in [-0.4, -0.2) is 4.98 Å². The standard InChI is InChI=1S/C21H37N.BrH/c1-2-3-4-5-6-7-8-9-10-11-12-13-14-15-17-21-18-16-19-22-20-21;/h16,18-20H,2-15,17H2,1H3;1H. The Balaban J connectivity index is 0.00000484. The molecule has 0 saturated heterocycles. The Morgan fingerprint density at radius 2 is 1.17 bits per heavy atom. The number of aromatic nitrogens is 1. The fraction of sp³-hybridized carbons (Fsp3) is 0.762. The first-order valence-corrected chi connectivity index (χ1v) is 9.82. The number of hydrogen-bond donors (Lipinski definition) is 0. The van der Waals surface area contributed by atoms with Crippen molar-refractivity contribution in [1.82, 2.24) is 4.98 Å². The summed E-state index contributed by atoms with van der Waals surface area (Å²) in [4.78, 5) is 4.17. The Hall–Kier alpha value is -0.370. The van der Waals surface area contributed by atoms with Gasteiger partial charge in [-0.15, -0.1) is 17.0 Å². The maximum absolute atomic E-state index is 4.17. The van der Waals surface area contributed by atoms with Crippen LogP contribution in [0.15, 0.2) is 24.5 Å². The third-order valence-corrected chi connectivity index (χ3v) is 4.54. The second kappa shape index (κ2) is 18.0. The van der Waals surface area contributed by atoms with Crippen LogP contribution in [0.5, 0.6) is 0 Å². The third kappa shape index (κ3) is 14.9. The van der Waals surface area contributed by atoms with Crippen LogP contribution in [0.4, 0.5) is 0 Å². The van der Waals surface area contributed by atoms with Gasteiger partial charge in [0.2, 0.25) is 0 Å². The lowest BCUT2D eigenvalue weighted by Gasteiger charge is -2.03. The molecule has 1 nitrogen and oxygen atoms in total. The van der Waals surface area contributed by atoms with Crippen molar-refractivity contribution in [2.75, 3.05) is 0 Å². The molecule has 0 atom stereocenters. The maximum atomic E-state index is 4.17. The molecule has 0 aliphatic heterocycles. The van der Waals surface area contributed by atoms with E-state index in [4.69, 9.17) is 0 Å². The van der Waals surface area contributed by atoms with Crippen LogP contribution in [0, 0.1) is 0 Å². The van der Waals surface area contributed by atoms with Crippen molar-refractivity contribution >= 4 is 17.0 Å². The molecule has 0 N–H and O–H groups in total. The second-order valence-corrected chi connectivity index (χ2v) is 6.71. The monoisotopic (exact) mass is 383 g/mol. The van der Waals surface area contributed by atoms with Crippen molar-refractivity contribution < 1.29 is 0 Å². The number of hydrogen-bond acceptors (Lipinski definition) is 1.